The molecule has 0 aliphatic carbocycles. The molecule has 0 aliphatic heterocycles. The van der Waals surface area contributed by atoms with E-state index in [0.29, 0.717) is 6.29 Å². The number of hydrogen-bond acceptors (Lipinski definition) is 2. The summed E-state index contributed by atoms with van der Waals surface area (Å²) in [4.78, 5) is 10.2. The van der Waals surface area contributed by atoms with Crippen LogP contribution in [-0.2, 0) is 11.2 Å². The molecule has 0 amide bonds. The molecule has 1 atom stereocenters. The fraction of sp³-hybridized carbons (Fsp3) is 0.222. The largest absolute Gasteiger partial charge is 0.321 e. The van der Waals surface area contributed by atoms with Gasteiger partial charge in [-0.05, 0) is 24.1 Å². The summed E-state index contributed by atoms with van der Waals surface area (Å²) in [5.41, 5.74) is 5.39. The lowest BCUT2D eigenvalue weighted by atomic mass is 10.1. The van der Waals surface area contributed by atoms with Gasteiger partial charge in [0, 0.05) is 0 Å². The Balaban J connectivity index is 2.95. The first-order chi connectivity index (χ1) is 6.54. The van der Waals surface area contributed by atoms with Crippen LogP contribution in [0.4, 0.5) is 13.2 Å². The average molecular weight is 203 g/mol. The zero-order valence-corrected chi connectivity index (χ0v) is 7.14. The minimum Gasteiger partial charge on any atom is -0.321 e. The second-order valence-corrected chi connectivity index (χ2v) is 2.88. The van der Waals surface area contributed by atoms with Crippen LogP contribution < -0.4 is 5.73 Å². The highest BCUT2D eigenvalue weighted by molar-refractivity contribution is 5.57. The van der Waals surface area contributed by atoms with Crippen molar-refractivity contribution in [3.05, 3.63) is 35.1 Å². The lowest BCUT2D eigenvalue weighted by Gasteiger charge is -2.05. The molecule has 0 spiro atoms. The van der Waals surface area contributed by atoms with Crippen molar-refractivity contribution in [3.8, 4) is 0 Å². The van der Waals surface area contributed by atoms with Gasteiger partial charge in [0.05, 0.1) is 6.04 Å². The number of carbonyl (C=O) groups excluding carboxylic acids is 1. The molecule has 76 valence electrons. The van der Waals surface area contributed by atoms with Gasteiger partial charge in [0.1, 0.15) is 6.29 Å². The Labute approximate surface area is 78.5 Å². The molecule has 0 fully saturated rings. The van der Waals surface area contributed by atoms with Crippen molar-refractivity contribution in [1.29, 1.82) is 0 Å². The number of rotatable bonds is 3. The molecule has 0 saturated heterocycles. The molecule has 0 aliphatic rings. The number of hydrogen-bond donors (Lipinski definition) is 1. The maximum absolute atomic E-state index is 12.7. The van der Waals surface area contributed by atoms with Gasteiger partial charge in [-0.25, -0.2) is 13.2 Å². The van der Waals surface area contributed by atoms with Crippen LogP contribution in [0.5, 0.6) is 0 Å². The Morgan fingerprint density at radius 1 is 1.29 bits per heavy atom. The highest BCUT2D eigenvalue weighted by Crippen LogP contribution is 2.14. The van der Waals surface area contributed by atoms with E-state index in [1.165, 1.54) is 0 Å². The van der Waals surface area contributed by atoms with Gasteiger partial charge in [0.2, 0.25) is 0 Å². The van der Waals surface area contributed by atoms with Gasteiger partial charge in [0.25, 0.3) is 0 Å². The zero-order chi connectivity index (χ0) is 10.7. The predicted octanol–water partition coefficient (Wildman–Crippen LogP) is 1.17. The smallest absolute Gasteiger partial charge is 0.194 e. The van der Waals surface area contributed by atoms with E-state index in [1.807, 2.05) is 0 Å². The van der Waals surface area contributed by atoms with E-state index >= 15 is 0 Å². The number of halogens is 3. The van der Waals surface area contributed by atoms with Crippen molar-refractivity contribution in [2.45, 2.75) is 12.5 Å². The van der Waals surface area contributed by atoms with E-state index in [0.717, 1.165) is 12.1 Å². The predicted molar refractivity (Wildman–Crippen MR) is 44.1 cm³/mol. The van der Waals surface area contributed by atoms with Crippen LogP contribution in [0.1, 0.15) is 5.56 Å². The quantitative estimate of drug-likeness (QED) is 0.592. The highest BCUT2D eigenvalue weighted by Gasteiger charge is 2.11. The van der Waals surface area contributed by atoms with Gasteiger partial charge in [-0.1, -0.05) is 0 Å². The molecule has 2 N–H and O–H groups in total. The van der Waals surface area contributed by atoms with Gasteiger partial charge in [0.15, 0.2) is 17.5 Å². The van der Waals surface area contributed by atoms with Crippen molar-refractivity contribution in [2.24, 2.45) is 5.73 Å². The van der Waals surface area contributed by atoms with E-state index < -0.39 is 23.5 Å². The van der Waals surface area contributed by atoms with Crippen LogP contribution in [0.15, 0.2) is 12.1 Å². The van der Waals surface area contributed by atoms with E-state index in [9.17, 15) is 18.0 Å². The molecule has 5 heteroatoms. The summed E-state index contributed by atoms with van der Waals surface area (Å²) < 4.78 is 37.8. The molecule has 14 heavy (non-hydrogen) atoms. The normalized spacial score (nSPS) is 12.6. The number of aldehydes is 1. The molecular formula is C9H8F3NO. The Morgan fingerprint density at radius 3 is 2.21 bits per heavy atom. The third-order valence-electron chi connectivity index (χ3n) is 1.69. The average Bonchev–Trinajstić information content (AvgIpc) is 2.14. The van der Waals surface area contributed by atoms with Crippen LogP contribution in [-0.4, -0.2) is 12.3 Å². The SMILES string of the molecule is N[C@@H](C=O)Cc1cc(F)c(F)c(F)c1. The summed E-state index contributed by atoms with van der Waals surface area (Å²) in [6.45, 7) is 0. The van der Waals surface area contributed by atoms with Gasteiger partial charge >= 0.3 is 0 Å². The summed E-state index contributed by atoms with van der Waals surface area (Å²) in [5.74, 6) is -4.08. The highest BCUT2D eigenvalue weighted by atomic mass is 19.2. The third kappa shape index (κ3) is 2.32. The molecule has 0 aromatic heterocycles. The van der Waals surface area contributed by atoms with Crippen LogP contribution >= 0.6 is 0 Å². The molecule has 0 saturated carbocycles. The summed E-state index contributed by atoms with van der Waals surface area (Å²) in [6.07, 6.45) is 0.441. The number of carbonyl (C=O) groups is 1. The number of benzene rings is 1. The maximum atomic E-state index is 12.7. The van der Waals surface area contributed by atoms with Crippen LogP contribution in [0.2, 0.25) is 0 Å². The molecule has 0 bridgehead atoms. The minimum absolute atomic E-state index is 0.0163. The van der Waals surface area contributed by atoms with Crippen molar-refractivity contribution in [3.63, 3.8) is 0 Å². The lowest BCUT2D eigenvalue weighted by Crippen LogP contribution is -2.24. The topological polar surface area (TPSA) is 43.1 Å². The zero-order valence-electron chi connectivity index (χ0n) is 7.14. The Morgan fingerprint density at radius 2 is 1.79 bits per heavy atom. The van der Waals surface area contributed by atoms with E-state index in [1.54, 1.807) is 0 Å². The first-order valence-electron chi connectivity index (χ1n) is 3.89. The molecule has 2 nitrogen and oxygen atoms in total. The fourth-order valence-corrected chi connectivity index (χ4v) is 1.05. The Kier molecular flexibility index (Phi) is 3.24. The molecule has 0 radical (unpaired) electrons. The van der Waals surface area contributed by atoms with Crippen molar-refractivity contribution in [2.75, 3.05) is 0 Å². The summed E-state index contributed by atoms with van der Waals surface area (Å²) in [7, 11) is 0. The van der Waals surface area contributed by atoms with E-state index in [2.05, 4.69) is 0 Å². The van der Waals surface area contributed by atoms with Crippen LogP contribution in [0.3, 0.4) is 0 Å². The second kappa shape index (κ2) is 4.23. The monoisotopic (exact) mass is 203 g/mol. The first kappa shape index (κ1) is 10.7. The summed E-state index contributed by atoms with van der Waals surface area (Å²) in [6, 6.07) is 0.808. The Bertz CT molecular complexity index is 331. The van der Waals surface area contributed by atoms with Crippen molar-refractivity contribution >= 4 is 6.29 Å². The minimum atomic E-state index is -1.52. The van der Waals surface area contributed by atoms with E-state index in [-0.39, 0.29) is 12.0 Å². The molecule has 1 rings (SSSR count). The standard InChI is InChI=1S/C9H8F3NO/c10-7-2-5(1-6(13)4-14)3-8(11)9(7)12/h2-4,6H,1,13H2/t6-/m1/s1. The fourth-order valence-electron chi connectivity index (χ4n) is 1.05. The van der Waals surface area contributed by atoms with Gasteiger partial charge in [-0.2, -0.15) is 0 Å². The number of nitrogens with two attached hydrogens (primary N) is 1. The molecule has 1 aromatic rings. The molecule has 0 heterocycles. The van der Waals surface area contributed by atoms with Crippen LogP contribution in [0, 0.1) is 17.5 Å². The summed E-state index contributed by atoms with van der Waals surface area (Å²) >= 11 is 0. The molecular weight excluding hydrogens is 195 g/mol. The van der Waals surface area contributed by atoms with Crippen LogP contribution in [0.25, 0.3) is 0 Å². The molecule has 1 aromatic carbocycles. The third-order valence-corrected chi connectivity index (χ3v) is 1.69. The Hall–Kier alpha value is -1.36. The summed E-state index contributed by atoms with van der Waals surface area (Å²) in [5, 5.41) is 0. The second-order valence-electron chi connectivity index (χ2n) is 2.88. The maximum Gasteiger partial charge on any atom is 0.194 e. The van der Waals surface area contributed by atoms with Gasteiger partial charge < -0.3 is 10.5 Å². The van der Waals surface area contributed by atoms with E-state index in [4.69, 9.17) is 5.73 Å². The van der Waals surface area contributed by atoms with Gasteiger partial charge in [-0.3, -0.25) is 0 Å². The van der Waals surface area contributed by atoms with Crippen molar-refractivity contribution < 1.29 is 18.0 Å². The first-order valence-corrected chi connectivity index (χ1v) is 3.89. The van der Waals surface area contributed by atoms with Gasteiger partial charge in [-0.15, -0.1) is 0 Å². The lowest BCUT2D eigenvalue weighted by molar-refractivity contribution is -0.108. The van der Waals surface area contributed by atoms with Crippen molar-refractivity contribution in [1.82, 2.24) is 0 Å². The molecule has 0 unspecified atom stereocenters.